The van der Waals surface area contributed by atoms with Crippen LogP contribution in [0.3, 0.4) is 0 Å². The smallest absolute Gasteiger partial charge is 0.314 e. The number of hydrogen-bond donors (Lipinski definition) is 1. The zero-order valence-corrected chi connectivity index (χ0v) is 12.0. The van der Waals surface area contributed by atoms with Crippen molar-refractivity contribution >= 4 is 24.0 Å². The molecule has 0 aliphatic carbocycles. The van der Waals surface area contributed by atoms with E-state index < -0.39 is 18.0 Å². The lowest BCUT2D eigenvalue weighted by Crippen LogP contribution is -2.49. The number of nitrogens with zero attached hydrogens (tertiary/aromatic N) is 1. The van der Waals surface area contributed by atoms with Gasteiger partial charge in [-0.2, -0.15) is 13.2 Å². The lowest BCUT2D eigenvalue weighted by Gasteiger charge is -2.36. The molecule has 114 valence electrons. The summed E-state index contributed by atoms with van der Waals surface area (Å²) in [5, 5.41) is 2.81. The maximum Gasteiger partial charge on any atom is 0.408 e. The lowest BCUT2D eigenvalue weighted by molar-refractivity contribution is -0.187. The number of rotatable bonds is 2. The van der Waals surface area contributed by atoms with Gasteiger partial charge in [0.25, 0.3) is 0 Å². The van der Waals surface area contributed by atoms with Gasteiger partial charge in [-0.1, -0.05) is 17.7 Å². The highest BCUT2D eigenvalue weighted by Crippen LogP contribution is 2.38. The van der Waals surface area contributed by atoms with Gasteiger partial charge < -0.3 is 5.32 Å². The molecule has 1 saturated heterocycles. The molecule has 8 heteroatoms. The first-order chi connectivity index (χ1) is 8.89. The fourth-order valence-corrected chi connectivity index (χ4v) is 2.35. The molecule has 1 heterocycles. The summed E-state index contributed by atoms with van der Waals surface area (Å²) in [4.78, 5) is 1.30. The normalized spacial score (nSPS) is 18.4. The summed E-state index contributed by atoms with van der Waals surface area (Å²) in [6.07, 6.45) is -4.45. The Morgan fingerprint density at radius 1 is 1.20 bits per heavy atom. The van der Waals surface area contributed by atoms with Gasteiger partial charge in [0, 0.05) is 26.2 Å². The van der Waals surface area contributed by atoms with Crippen LogP contribution in [0, 0.1) is 5.82 Å². The molecule has 1 atom stereocenters. The minimum atomic E-state index is -4.45. The average molecular weight is 333 g/mol. The van der Waals surface area contributed by atoms with Gasteiger partial charge in [0.05, 0.1) is 5.02 Å². The van der Waals surface area contributed by atoms with Crippen LogP contribution >= 0.6 is 24.0 Å². The maximum absolute atomic E-state index is 13.4. The number of piperazine rings is 1. The van der Waals surface area contributed by atoms with Gasteiger partial charge in [0.1, 0.15) is 11.9 Å². The third kappa shape index (κ3) is 3.97. The van der Waals surface area contributed by atoms with Crippen LogP contribution in [0.4, 0.5) is 17.6 Å². The number of hydrogen-bond acceptors (Lipinski definition) is 2. The van der Waals surface area contributed by atoms with Crippen molar-refractivity contribution < 1.29 is 17.6 Å². The molecule has 0 bridgehead atoms. The quantitative estimate of drug-likeness (QED) is 0.835. The molecule has 0 amide bonds. The van der Waals surface area contributed by atoms with Crippen molar-refractivity contribution in [2.45, 2.75) is 12.2 Å². The van der Waals surface area contributed by atoms with E-state index in [1.807, 2.05) is 0 Å². The van der Waals surface area contributed by atoms with Gasteiger partial charge >= 0.3 is 6.18 Å². The molecule has 0 radical (unpaired) electrons. The molecule has 1 N–H and O–H groups in total. The molecule has 2 nitrogen and oxygen atoms in total. The molecular formula is C12H14Cl2F4N2. The van der Waals surface area contributed by atoms with Crippen molar-refractivity contribution in [3.63, 3.8) is 0 Å². The number of benzene rings is 1. The zero-order valence-electron chi connectivity index (χ0n) is 10.4. The predicted molar refractivity (Wildman–Crippen MR) is 71.9 cm³/mol. The molecule has 0 spiro atoms. The average Bonchev–Trinajstić information content (AvgIpc) is 2.34. The molecular weight excluding hydrogens is 319 g/mol. The van der Waals surface area contributed by atoms with E-state index in [4.69, 9.17) is 11.6 Å². The SMILES string of the molecule is Cl.Fc1cc([C@@H](N2CCNCC2)C(F)(F)F)ccc1Cl. The Kier molecular flexibility index (Phi) is 6.06. The minimum Gasteiger partial charge on any atom is -0.314 e. The molecule has 1 aliphatic rings. The van der Waals surface area contributed by atoms with Crippen LogP contribution in [0.15, 0.2) is 18.2 Å². The largest absolute Gasteiger partial charge is 0.408 e. The fraction of sp³-hybridized carbons (Fsp3) is 0.500. The summed E-state index contributed by atoms with van der Waals surface area (Å²) in [7, 11) is 0. The highest BCUT2D eigenvalue weighted by atomic mass is 35.5. The highest BCUT2D eigenvalue weighted by Gasteiger charge is 2.45. The summed E-state index contributed by atoms with van der Waals surface area (Å²) in [5.74, 6) is -0.830. The first-order valence-electron chi connectivity index (χ1n) is 5.86. The second-order valence-electron chi connectivity index (χ2n) is 4.40. The zero-order chi connectivity index (χ0) is 14.0. The Balaban J connectivity index is 0.00000200. The van der Waals surface area contributed by atoms with Crippen molar-refractivity contribution in [1.82, 2.24) is 10.2 Å². The number of halogens is 6. The highest BCUT2D eigenvalue weighted by molar-refractivity contribution is 6.30. The van der Waals surface area contributed by atoms with Crippen LogP contribution in [-0.2, 0) is 0 Å². The van der Waals surface area contributed by atoms with Crippen LogP contribution in [0.1, 0.15) is 11.6 Å². The number of nitrogens with one attached hydrogen (secondary N) is 1. The summed E-state index contributed by atoms with van der Waals surface area (Å²) < 4.78 is 53.0. The molecule has 1 aromatic rings. The molecule has 0 aromatic heterocycles. The number of alkyl halides is 3. The van der Waals surface area contributed by atoms with Crippen LogP contribution in [-0.4, -0.2) is 37.3 Å². The van der Waals surface area contributed by atoms with Crippen LogP contribution < -0.4 is 5.32 Å². The van der Waals surface area contributed by atoms with Gasteiger partial charge in [-0.3, -0.25) is 4.90 Å². The standard InChI is InChI=1S/C12H13ClF4N2.ClH/c13-9-2-1-8(7-10(9)14)11(12(15,16)17)19-5-3-18-4-6-19;/h1-2,7,11,18H,3-6H2;1H/t11-;/m1./s1. The first kappa shape index (κ1) is 17.5. The van der Waals surface area contributed by atoms with E-state index in [9.17, 15) is 17.6 Å². The van der Waals surface area contributed by atoms with E-state index in [-0.39, 0.29) is 36.1 Å². The van der Waals surface area contributed by atoms with E-state index >= 15 is 0 Å². The molecule has 1 aliphatic heterocycles. The minimum absolute atomic E-state index is 0. The van der Waals surface area contributed by atoms with Crippen molar-refractivity contribution in [3.8, 4) is 0 Å². The summed E-state index contributed by atoms with van der Waals surface area (Å²) in [6.45, 7) is 1.52. The predicted octanol–water partition coefficient (Wildman–Crippen LogP) is 3.41. The van der Waals surface area contributed by atoms with Gasteiger partial charge in [-0.15, -0.1) is 12.4 Å². The van der Waals surface area contributed by atoms with Crippen LogP contribution in [0.5, 0.6) is 0 Å². The van der Waals surface area contributed by atoms with E-state index in [1.165, 1.54) is 11.0 Å². The van der Waals surface area contributed by atoms with E-state index in [0.29, 0.717) is 13.1 Å². The fourth-order valence-electron chi connectivity index (χ4n) is 2.23. The first-order valence-corrected chi connectivity index (χ1v) is 6.24. The summed E-state index contributed by atoms with van der Waals surface area (Å²) in [5.41, 5.74) is -0.115. The summed E-state index contributed by atoms with van der Waals surface area (Å²) in [6, 6.07) is 1.46. The van der Waals surface area contributed by atoms with Gasteiger partial charge in [-0.25, -0.2) is 4.39 Å². The molecule has 0 saturated carbocycles. The second kappa shape index (κ2) is 6.93. The van der Waals surface area contributed by atoms with Crippen molar-refractivity contribution in [2.24, 2.45) is 0 Å². The molecule has 1 aromatic carbocycles. The van der Waals surface area contributed by atoms with Crippen molar-refractivity contribution in [2.75, 3.05) is 26.2 Å². The second-order valence-corrected chi connectivity index (χ2v) is 4.81. The van der Waals surface area contributed by atoms with Gasteiger partial charge in [-0.05, 0) is 17.7 Å². The third-order valence-corrected chi connectivity index (χ3v) is 3.39. The third-order valence-electron chi connectivity index (χ3n) is 3.09. The summed E-state index contributed by atoms with van der Waals surface area (Å²) >= 11 is 5.51. The molecule has 20 heavy (non-hydrogen) atoms. The van der Waals surface area contributed by atoms with E-state index in [0.717, 1.165) is 12.1 Å². The Morgan fingerprint density at radius 3 is 2.30 bits per heavy atom. The maximum atomic E-state index is 13.4. The molecule has 1 fully saturated rings. The van der Waals surface area contributed by atoms with Crippen LogP contribution in [0.25, 0.3) is 0 Å². The lowest BCUT2D eigenvalue weighted by atomic mass is 10.0. The Bertz CT molecular complexity index is 448. The van der Waals surface area contributed by atoms with Crippen molar-refractivity contribution in [1.29, 1.82) is 0 Å². The van der Waals surface area contributed by atoms with Gasteiger partial charge in [0.2, 0.25) is 0 Å². The molecule has 0 unspecified atom stereocenters. The topological polar surface area (TPSA) is 15.3 Å². The Hall–Kier alpha value is -0.560. The van der Waals surface area contributed by atoms with Crippen molar-refractivity contribution in [3.05, 3.63) is 34.6 Å². The Morgan fingerprint density at radius 2 is 1.80 bits per heavy atom. The van der Waals surface area contributed by atoms with E-state index in [2.05, 4.69) is 5.32 Å². The molecule has 2 rings (SSSR count). The monoisotopic (exact) mass is 332 g/mol. The Labute approximate surface area is 125 Å². The van der Waals surface area contributed by atoms with Crippen LogP contribution in [0.2, 0.25) is 5.02 Å². The van der Waals surface area contributed by atoms with Gasteiger partial charge in [0.15, 0.2) is 0 Å². The van der Waals surface area contributed by atoms with E-state index in [1.54, 1.807) is 0 Å².